The van der Waals surface area contributed by atoms with Gasteiger partial charge in [-0.2, -0.15) is 5.10 Å². The number of pyridine rings is 2. The molecule has 3 heteroatoms. The van der Waals surface area contributed by atoms with Crippen LogP contribution in [0.25, 0.3) is 16.8 Å². The predicted molar refractivity (Wildman–Crippen MR) is 63.2 cm³/mol. The molecule has 3 aromatic heterocycles. The van der Waals surface area contributed by atoms with Gasteiger partial charge in [-0.05, 0) is 36.8 Å². The lowest BCUT2D eigenvalue weighted by Gasteiger charge is -2.08. The largest absolute Gasteiger partial charge is 0.264 e. The number of aryl methyl sites for hydroxylation is 1. The average Bonchev–Trinajstić information content (AvgIpc) is 2.78. The molecule has 0 spiro atoms. The highest BCUT2D eigenvalue weighted by Crippen LogP contribution is 2.23. The molecule has 0 aromatic carbocycles. The molecule has 0 radical (unpaired) electrons. The molecule has 16 heavy (non-hydrogen) atoms. The standard InChI is InChI=1S/C13H11N3/c1-10-4-5-12-6-8-15-16(12)13(10)11-3-2-7-14-9-11/h2-9H,1H3. The van der Waals surface area contributed by atoms with Crippen LogP contribution in [0.3, 0.4) is 0 Å². The van der Waals surface area contributed by atoms with E-state index in [4.69, 9.17) is 0 Å². The number of hydrogen-bond acceptors (Lipinski definition) is 2. The zero-order valence-corrected chi connectivity index (χ0v) is 8.96. The highest BCUT2D eigenvalue weighted by molar-refractivity contribution is 5.66. The molecule has 0 saturated carbocycles. The summed E-state index contributed by atoms with van der Waals surface area (Å²) in [5.74, 6) is 0. The average molecular weight is 209 g/mol. The van der Waals surface area contributed by atoms with E-state index >= 15 is 0 Å². The van der Waals surface area contributed by atoms with Crippen molar-refractivity contribution in [1.82, 2.24) is 14.6 Å². The summed E-state index contributed by atoms with van der Waals surface area (Å²) in [6.07, 6.45) is 5.46. The van der Waals surface area contributed by atoms with Crippen LogP contribution in [0.15, 0.2) is 48.9 Å². The molecule has 3 rings (SSSR count). The Morgan fingerprint density at radius 1 is 1.06 bits per heavy atom. The van der Waals surface area contributed by atoms with Crippen molar-refractivity contribution in [1.29, 1.82) is 0 Å². The number of rotatable bonds is 1. The van der Waals surface area contributed by atoms with Gasteiger partial charge in [0.25, 0.3) is 0 Å². The molecule has 0 aliphatic heterocycles. The minimum Gasteiger partial charge on any atom is -0.264 e. The van der Waals surface area contributed by atoms with Crippen LogP contribution in [0.5, 0.6) is 0 Å². The number of aromatic nitrogens is 3. The Kier molecular flexibility index (Phi) is 1.96. The molecule has 3 nitrogen and oxygen atoms in total. The quantitative estimate of drug-likeness (QED) is 0.616. The second-order valence-corrected chi connectivity index (χ2v) is 3.77. The first-order valence-electron chi connectivity index (χ1n) is 5.20. The molecule has 0 bridgehead atoms. The van der Waals surface area contributed by atoms with Crippen LogP contribution in [0.2, 0.25) is 0 Å². The maximum Gasteiger partial charge on any atom is 0.0769 e. The summed E-state index contributed by atoms with van der Waals surface area (Å²) in [7, 11) is 0. The van der Waals surface area contributed by atoms with E-state index in [-0.39, 0.29) is 0 Å². The Hall–Kier alpha value is -2.16. The van der Waals surface area contributed by atoms with E-state index in [1.54, 1.807) is 6.20 Å². The van der Waals surface area contributed by atoms with Gasteiger partial charge in [-0.1, -0.05) is 6.07 Å². The van der Waals surface area contributed by atoms with E-state index < -0.39 is 0 Å². The van der Waals surface area contributed by atoms with Crippen LogP contribution in [0.1, 0.15) is 5.56 Å². The van der Waals surface area contributed by atoms with Crippen LogP contribution >= 0.6 is 0 Å². The summed E-state index contributed by atoms with van der Waals surface area (Å²) in [6, 6.07) is 10.2. The van der Waals surface area contributed by atoms with Gasteiger partial charge in [0, 0.05) is 18.0 Å². The predicted octanol–water partition coefficient (Wildman–Crippen LogP) is 2.70. The normalized spacial score (nSPS) is 10.8. The Balaban J connectivity index is 2.38. The maximum atomic E-state index is 4.34. The van der Waals surface area contributed by atoms with Gasteiger partial charge in [-0.25, -0.2) is 4.52 Å². The van der Waals surface area contributed by atoms with Crippen molar-refractivity contribution in [2.45, 2.75) is 6.92 Å². The Labute approximate surface area is 93.4 Å². The minimum atomic E-state index is 1.09. The molecule has 0 amide bonds. The summed E-state index contributed by atoms with van der Waals surface area (Å²) >= 11 is 0. The Bertz CT molecular complexity index is 626. The molecule has 0 saturated heterocycles. The van der Waals surface area contributed by atoms with Gasteiger partial charge in [0.2, 0.25) is 0 Å². The molecule has 78 valence electrons. The van der Waals surface area contributed by atoms with Crippen molar-refractivity contribution >= 4 is 5.52 Å². The molecule has 0 fully saturated rings. The van der Waals surface area contributed by atoms with Crippen molar-refractivity contribution in [2.24, 2.45) is 0 Å². The monoisotopic (exact) mass is 209 g/mol. The van der Waals surface area contributed by atoms with Gasteiger partial charge in [-0.3, -0.25) is 4.98 Å². The Morgan fingerprint density at radius 2 is 2.00 bits per heavy atom. The fourth-order valence-corrected chi connectivity index (χ4v) is 1.94. The minimum absolute atomic E-state index is 1.09. The summed E-state index contributed by atoms with van der Waals surface area (Å²) < 4.78 is 1.95. The first-order chi connectivity index (χ1) is 7.86. The third kappa shape index (κ3) is 1.29. The van der Waals surface area contributed by atoms with Crippen molar-refractivity contribution in [2.75, 3.05) is 0 Å². The zero-order valence-electron chi connectivity index (χ0n) is 8.96. The van der Waals surface area contributed by atoms with E-state index in [2.05, 4.69) is 35.2 Å². The number of fused-ring (bicyclic) bond motifs is 1. The molecular formula is C13H11N3. The highest BCUT2D eigenvalue weighted by atomic mass is 15.2. The van der Waals surface area contributed by atoms with Gasteiger partial charge in [0.05, 0.1) is 17.4 Å². The third-order valence-electron chi connectivity index (χ3n) is 2.70. The SMILES string of the molecule is Cc1ccc2ccnn2c1-c1cccnc1. The molecule has 0 aliphatic rings. The van der Waals surface area contributed by atoms with Crippen molar-refractivity contribution < 1.29 is 0 Å². The first kappa shape index (κ1) is 9.09. The lowest BCUT2D eigenvalue weighted by molar-refractivity contribution is 0.959. The van der Waals surface area contributed by atoms with Gasteiger partial charge < -0.3 is 0 Å². The molecule has 3 heterocycles. The number of hydrogen-bond donors (Lipinski definition) is 0. The fraction of sp³-hybridized carbons (Fsp3) is 0.0769. The molecule has 0 unspecified atom stereocenters. The van der Waals surface area contributed by atoms with E-state index in [1.807, 2.05) is 29.0 Å². The Morgan fingerprint density at radius 3 is 2.81 bits per heavy atom. The van der Waals surface area contributed by atoms with Crippen LogP contribution in [0, 0.1) is 6.92 Å². The molecule has 3 aromatic rings. The second kappa shape index (κ2) is 3.45. The van der Waals surface area contributed by atoms with Crippen molar-refractivity contribution in [3.63, 3.8) is 0 Å². The molecular weight excluding hydrogens is 198 g/mol. The highest BCUT2D eigenvalue weighted by Gasteiger charge is 2.07. The van der Waals surface area contributed by atoms with Crippen LogP contribution < -0.4 is 0 Å². The van der Waals surface area contributed by atoms with Crippen molar-refractivity contribution in [3.05, 3.63) is 54.5 Å². The van der Waals surface area contributed by atoms with Gasteiger partial charge in [0.1, 0.15) is 0 Å². The third-order valence-corrected chi connectivity index (χ3v) is 2.70. The van der Waals surface area contributed by atoms with Crippen molar-refractivity contribution in [3.8, 4) is 11.3 Å². The second-order valence-electron chi connectivity index (χ2n) is 3.77. The van der Waals surface area contributed by atoms with E-state index in [0.717, 1.165) is 16.8 Å². The lowest BCUT2D eigenvalue weighted by atomic mass is 10.1. The fourth-order valence-electron chi connectivity index (χ4n) is 1.94. The lowest BCUT2D eigenvalue weighted by Crippen LogP contribution is -1.96. The van der Waals surface area contributed by atoms with Crippen LogP contribution in [-0.2, 0) is 0 Å². The summed E-state index contributed by atoms with van der Waals surface area (Å²) in [5, 5.41) is 4.34. The summed E-state index contributed by atoms with van der Waals surface area (Å²) in [6.45, 7) is 2.09. The first-order valence-corrected chi connectivity index (χ1v) is 5.20. The molecule has 0 aliphatic carbocycles. The van der Waals surface area contributed by atoms with Crippen LogP contribution in [-0.4, -0.2) is 14.6 Å². The van der Waals surface area contributed by atoms with Crippen LogP contribution in [0.4, 0.5) is 0 Å². The summed E-state index contributed by atoms with van der Waals surface area (Å²) in [4.78, 5) is 4.15. The zero-order chi connectivity index (χ0) is 11.0. The van der Waals surface area contributed by atoms with Gasteiger partial charge in [-0.15, -0.1) is 0 Å². The van der Waals surface area contributed by atoms with E-state index in [1.165, 1.54) is 5.56 Å². The maximum absolute atomic E-state index is 4.34. The van der Waals surface area contributed by atoms with E-state index in [0.29, 0.717) is 0 Å². The summed E-state index contributed by atoms with van der Waals surface area (Å²) in [5.41, 5.74) is 4.50. The van der Waals surface area contributed by atoms with Gasteiger partial charge in [0.15, 0.2) is 0 Å². The topological polar surface area (TPSA) is 30.2 Å². The smallest absolute Gasteiger partial charge is 0.0769 e. The molecule has 0 N–H and O–H groups in total. The van der Waals surface area contributed by atoms with Gasteiger partial charge >= 0.3 is 0 Å². The number of nitrogens with zero attached hydrogens (tertiary/aromatic N) is 3. The van der Waals surface area contributed by atoms with E-state index in [9.17, 15) is 0 Å². The molecule has 0 atom stereocenters.